The lowest BCUT2D eigenvalue weighted by Crippen LogP contribution is -2.43. The third-order valence-electron chi connectivity index (χ3n) is 3.89. The Balaban J connectivity index is 2.26. The number of ether oxygens (including phenoxy) is 1. The summed E-state index contributed by atoms with van der Waals surface area (Å²) in [6.07, 6.45) is 6.03. The predicted octanol–water partition coefficient (Wildman–Crippen LogP) is 4.51. The summed E-state index contributed by atoms with van der Waals surface area (Å²) in [5.74, 6) is 0. The van der Waals surface area contributed by atoms with Crippen molar-refractivity contribution in [3.05, 3.63) is 20.8 Å². The van der Waals surface area contributed by atoms with Crippen molar-refractivity contribution < 1.29 is 4.74 Å². The quantitative estimate of drug-likeness (QED) is 0.827. The van der Waals surface area contributed by atoms with Gasteiger partial charge in [0.2, 0.25) is 0 Å². The molecule has 1 aromatic heterocycles. The summed E-state index contributed by atoms with van der Waals surface area (Å²) in [5, 5.41) is 5.85. The van der Waals surface area contributed by atoms with Crippen LogP contribution in [0.3, 0.4) is 0 Å². The topological polar surface area (TPSA) is 21.3 Å². The van der Waals surface area contributed by atoms with E-state index in [1.54, 1.807) is 0 Å². The van der Waals surface area contributed by atoms with Crippen LogP contribution in [0.1, 0.15) is 49.9 Å². The van der Waals surface area contributed by atoms with Gasteiger partial charge in [-0.2, -0.15) is 0 Å². The average molecular weight is 332 g/mol. The molecule has 1 atom stereocenters. The molecule has 2 nitrogen and oxygen atoms in total. The highest BCUT2D eigenvalue weighted by Gasteiger charge is 2.43. The lowest BCUT2D eigenvalue weighted by molar-refractivity contribution is -0.0359. The van der Waals surface area contributed by atoms with Crippen LogP contribution in [0.2, 0.25) is 0 Å². The van der Waals surface area contributed by atoms with Crippen molar-refractivity contribution in [3.8, 4) is 0 Å². The molecule has 0 amide bonds. The molecule has 0 aromatic carbocycles. The molecule has 4 heteroatoms. The highest BCUT2D eigenvalue weighted by Crippen LogP contribution is 2.45. The van der Waals surface area contributed by atoms with Gasteiger partial charge in [-0.3, -0.25) is 0 Å². The first-order chi connectivity index (χ1) is 8.73. The normalized spacial score (nSPS) is 20.2. The van der Waals surface area contributed by atoms with Gasteiger partial charge in [0.1, 0.15) is 0 Å². The van der Waals surface area contributed by atoms with Crippen molar-refractivity contribution in [2.45, 2.75) is 50.7 Å². The van der Waals surface area contributed by atoms with Gasteiger partial charge >= 0.3 is 0 Å². The summed E-state index contributed by atoms with van der Waals surface area (Å²) in [6.45, 7) is 3.25. The molecule has 1 unspecified atom stereocenters. The first-order valence-corrected chi connectivity index (χ1v) is 8.42. The van der Waals surface area contributed by atoms with Crippen LogP contribution in [-0.2, 0) is 4.74 Å². The van der Waals surface area contributed by atoms with E-state index in [1.165, 1.54) is 22.2 Å². The molecule has 1 aliphatic rings. The Morgan fingerprint density at radius 3 is 2.72 bits per heavy atom. The summed E-state index contributed by atoms with van der Waals surface area (Å²) in [7, 11) is 1.87. The summed E-state index contributed by atoms with van der Waals surface area (Å²) < 4.78 is 7.17. The van der Waals surface area contributed by atoms with E-state index in [0.717, 1.165) is 25.8 Å². The van der Waals surface area contributed by atoms with Gasteiger partial charge in [-0.25, -0.2) is 0 Å². The van der Waals surface area contributed by atoms with Gasteiger partial charge in [-0.05, 0) is 53.2 Å². The summed E-state index contributed by atoms with van der Waals surface area (Å²) in [6, 6.07) is 2.46. The fourth-order valence-corrected chi connectivity index (χ4v) is 4.68. The fourth-order valence-electron chi connectivity index (χ4n) is 2.90. The number of nitrogens with one attached hydrogen (secondary N) is 1. The van der Waals surface area contributed by atoms with Crippen molar-refractivity contribution in [3.63, 3.8) is 0 Å². The minimum Gasteiger partial charge on any atom is -0.376 e. The van der Waals surface area contributed by atoms with E-state index in [-0.39, 0.29) is 5.60 Å². The molecular formula is C14H22BrNOS. The second-order valence-corrected chi connectivity index (χ2v) is 6.80. The maximum atomic E-state index is 5.96. The standard InChI is InChI=1S/C14H22BrNOS/c1-3-9-16-13(12-11(15)6-10-18-12)14(17-2)7-4-5-8-14/h6,10,13,16H,3-5,7-9H2,1-2H3. The van der Waals surface area contributed by atoms with Crippen molar-refractivity contribution >= 4 is 27.3 Å². The lowest BCUT2D eigenvalue weighted by atomic mass is 9.90. The predicted molar refractivity (Wildman–Crippen MR) is 81.3 cm³/mol. The van der Waals surface area contributed by atoms with Gasteiger partial charge < -0.3 is 10.1 Å². The van der Waals surface area contributed by atoms with Gasteiger partial charge in [-0.1, -0.05) is 19.8 Å². The number of halogens is 1. The van der Waals surface area contributed by atoms with E-state index in [9.17, 15) is 0 Å². The molecule has 18 heavy (non-hydrogen) atoms. The molecule has 1 aromatic rings. The van der Waals surface area contributed by atoms with E-state index in [4.69, 9.17) is 4.74 Å². The zero-order valence-electron chi connectivity index (χ0n) is 11.2. The van der Waals surface area contributed by atoms with Crippen LogP contribution in [0.4, 0.5) is 0 Å². The lowest BCUT2D eigenvalue weighted by Gasteiger charge is -2.37. The van der Waals surface area contributed by atoms with Crippen LogP contribution in [0, 0.1) is 0 Å². The van der Waals surface area contributed by atoms with Crippen molar-refractivity contribution in [1.82, 2.24) is 5.32 Å². The molecule has 102 valence electrons. The molecule has 1 fully saturated rings. The highest BCUT2D eigenvalue weighted by atomic mass is 79.9. The number of hydrogen-bond donors (Lipinski definition) is 1. The highest BCUT2D eigenvalue weighted by molar-refractivity contribution is 9.10. The first kappa shape index (κ1) is 14.5. The molecule has 0 bridgehead atoms. The average Bonchev–Trinajstić information content (AvgIpc) is 3.01. The molecule has 2 rings (SSSR count). The van der Waals surface area contributed by atoms with Crippen LogP contribution in [-0.4, -0.2) is 19.3 Å². The van der Waals surface area contributed by atoms with Crippen LogP contribution >= 0.6 is 27.3 Å². The third-order valence-corrected chi connectivity index (χ3v) is 5.82. The zero-order valence-corrected chi connectivity index (χ0v) is 13.6. The first-order valence-electron chi connectivity index (χ1n) is 6.75. The molecule has 0 spiro atoms. The number of rotatable bonds is 6. The fraction of sp³-hybridized carbons (Fsp3) is 0.714. The van der Waals surface area contributed by atoms with E-state index < -0.39 is 0 Å². The smallest absolute Gasteiger partial charge is 0.0880 e. The Morgan fingerprint density at radius 2 is 2.22 bits per heavy atom. The van der Waals surface area contributed by atoms with E-state index in [1.807, 2.05) is 18.4 Å². The molecule has 1 saturated carbocycles. The Kier molecular flexibility index (Phi) is 5.24. The minimum absolute atomic E-state index is 0.0114. The second-order valence-electron chi connectivity index (χ2n) is 5.00. The van der Waals surface area contributed by atoms with Gasteiger partial charge in [0.25, 0.3) is 0 Å². The van der Waals surface area contributed by atoms with Gasteiger partial charge in [0.05, 0.1) is 11.6 Å². The molecule has 1 aliphatic carbocycles. The van der Waals surface area contributed by atoms with E-state index >= 15 is 0 Å². The Hall–Kier alpha value is 0.1000. The Labute approximate surface area is 122 Å². The van der Waals surface area contributed by atoms with Crippen molar-refractivity contribution in [2.24, 2.45) is 0 Å². The Morgan fingerprint density at radius 1 is 1.50 bits per heavy atom. The number of thiophene rings is 1. The molecule has 0 aliphatic heterocycles. The summed E-state index contributed by atoms with van der Waals surface area (Å²) >= 11 is 5.49. The number of hydrogen-bond acceptors (Lipinski definition) is 3. The summed E-state index contributed by atoms with van der Waals surface area (Å²) in [5.41, 5.74) is -0.0114. The maximum absolute atomic E-state index is 5.96. The Bertz CT molecular complexity index is 374. The van der Waals surface area contributed by atoms with Gasteiger partial charge in [0.15, 0.2) is 0 Å². The van der Waals surface area contributed by atoms with Crippen LogP contribution in [0.25, 0.3) is 0 Å². The molecule has 1 N–H and O–H groups in total. The summed E-state index contributed by atoms with van der Waals surface area (Å²) in [4.78, 5) is 1.38. The SMILES string of the molecule is CCCNC(c1sccc1Br)C1(OC)CCCC1. The van der Waals surface area contributed by atoms with Crippen LogP contribution < -0.4 is 5.32 Å². The molecule has 0 radical (unpaired) electrons. The maximum Gasteiger partial charge on any atom is 0.0880 e. The monoisotopic (exact) mass is 331 g/mol. The van der Waals surface area contributed by atoms with Gasteiger partial charge in [-0.15, -0.1) is 11.3 Å². The molecule has 0 saturated heterocycles. The second kappa shape index (κ2) is 6.51. The minimum atomic E-state index is -0.0114. The van der Waals surface area contributed by atoms with Crippen LogP contribution in [0.5, 0.6) is 0 Å². The largest absolute Gasteiger partial charge is 0.376 e. The van der Waals surface area contributed by atoms with E-state index in [2.05, 4.69) is 39.6 Å². The van der Waals surface area contributed by atoms with Crippen LogP contribution in [0.15, 0.2) is 15.9 Å². The molecular weight excluding hydrogens is 310 g/mol. The number of methoxy groups -OCH3 is 1. The molecule has 1 heterocycles. The van der Waals surface area contributed by atoms with Gasteiger partial charge in [0, 0.05) is 16.5 Å². The zero-order chi connectivity index (χ0) is 13.0. The third kappa shape index (κ3) is 2.82. The van der Waals surface area contributed by atoms with Crippen molar-refractivity contribution in [2.75, 3.05) is 13.7 Å². The van der Waals surface area contributed by atoms with Crippen molar-refractivity contribution in [1.29, 1.82) is 0 Å². The van der Waals surface area contributed by atoms with E-state index in [0.29, 0.717) is 6.04 Å².